The molecule has 1 rings (SSSR count). The Morgan fingerprint density at radius 1 is 1.45 bits per heavy atom. The summed E-state index contributed by atoms with van der Waals surface area (Å²) in [5.41, 5.74) is 0.367. The molecule has 0 spiro atoms. The van der Waals surface area contributed by atoms with Crippen LogP contribution in [0.2, 0.25) is 0 Å². The van der Waals surface area contributed by atoms with Crippen LogP contribution in [0.15, 0.2) is 12.2 Å². The Kier molecular flexibility index (Phi) is 6.61. The van der Waals surface area contributed by atoms with Gasteiger partial charge in [-0.3, -0.25) is 0 Å². The van der Waals surface area contributed by atoms with Gasteiger partial charge in [-0.25, -0.2) is 4.79 Å². The van der Waals surface area contributed by atoms with E-state index in [2.05, 4.69) is 11.3 Å². The zero-order valence-corrected chi connectivity index (χ0v) is 12.6. The van der Waals surface area contributed by atoms with Crippen molar-refractivity contribution in [1.29, 1.82) is 0 Å². The minimum Gasteiger partial charge on any atom is -0.466 e. The van der Waals surface area contributed by atoms with Gasteiger partial charge in [0.1, 0.15) is 6.79 Å². The first-order valence-electron chi connectivity index (χ1n) is 6.56. The van der Waals surface area contributed by atoms with E-state index < -0.39 is 11.8 Å². The zero-order valence-electron chi connectivity index (χ0n) is 12.6. The van der Waals surface area contributed by atoms with E-state index in [0.29, 0.717) is 25.0 Å². The van der Waals surface area contributed by atoms with Gasteiger partial charge in [0, 0.05) is 25.5 Å². The van der Waals surface area contributed by atoms with Gasteiger partial charge in [-0.15, -0.1) is 0 Å². The molecule has 0 aromatic heterocycles. The van der Waals surface area contributed by atoms with Crippen molar-refractivity contribution in [1.82, 2.24) is 0 Å². The fraction of sp³-hybridized carbons (Fsp3) is 0.786. The minimum atomic E-state index is -0.574. The van der Waals surface area contributed by atoms with E-state index in [1.807, 2.05) is 13.8 Å². The summed E-state index contributed by atoms with van der Waals surface area (Å²) in [5, 5.41) is 0. The standard InChI is InChI=1S/C14H24O6/c1-10(13(15)17-5)6-11(18-9-16-4)7-12-8-19-14(2,3)20-12/h11-12H,1,6-9H2,2-5H3. The summed E-state index contributed by atoms with van der Waals surface area (Å²) >= 11 is 0. The highest BCUT2D eigenvalue weighted by Crippen LogP contribution is 2.26. The summed E-state index contributed by atoms with van der Waals surface area (Å²) < 4.78 is 26.4. The summed E-state index contributed by atoms with van der Waals surface area (Å²) in [6, 6.07) is 0. The average Bonchev–Trinajstić information content (AvgIpc) is 2.74. The predicted octanol–water partition coefficient (Wildman–Crippen LogP) is 1.64. The van der Waals surface area contributed by atoms with Crippen LogP contribution in [-0.2, 0) is 28.5 Å². The van der Waals surface area contributed by atoms with Crippen LogP contribution in [0.1, 0.15) is 26.7 Å². The Labute approximate surface area is 120 Å². The maximum atomic E-state index is 11.4. The van der Waals surface area contributed by atoms with Crippen molar-refractivity contribution in [3.8, 4) is 0 Å². The normalized spacial score (nSPS) is 22.5. The van der Waals surface area contributed by atoms with Gasteiger partial charge in [0.05, 0.1) is 25.9 Å². The van der Waals surface area contributed by atoms with E-state index in [0.717, 1.165) is 0 Å². The topological polar surface area (TPSA) is 63.2 Å². The average molecular weight is 288 g/mol. The van der Waals surface area contributed by atoms with E-state index in [1.54, 1.807) is 7.11 Å². The van der Waals surface area contributed by atoms with E-state index in [-0.39, 0.29) is 19.0 Å². The zero-order chi connectivity index (χ0) is 15.2. The van der Waals surface area contributed by atoms with Gasteiger partial charge < -0.3 is 23.7 Å². The van der Waals surface area contributed by atoms with E-state index in [1.165, 1.54) is 7.11 Å². The molecule has 20 heavy (non-hydrogen) atoms. The molecule has 0 aromatic rings. The van der Waals surface area contributed by atoms with Gasteiger partial charge in [0.15, 0.2) is 5.79 Å². The van der Waals surface area contributed by atoms with Crippen molar-refractivity contribution in [2.24, 2.45) is 0 Å². The summed E-state index contributed by atoms with van der Waals surface area (Å²) in [5.74, 6) is -1.00. The number of carbonyl (C=O) groups is 1. The summed E-state index contributed by atoms with van der Waals surface area (Å²) in [6.45, 7) is 8.10. The van der Waals surface area contributed by atoms with Crippen molar-refractivity contribution in [3.63, 3.8) is 0 Å². The van der Waals surface area contributed by atoms with E-state index in [9.17, 15) is 4.79 Å². The molecule has 1 aliphatic heterocycles. The molecular formula is C14H24O6. The van der Waals surface area contributed by atoms with Crippen molar-refractivity contribution >= 4 is 5.97 Å². The molecule has 116 valence electrons. The number of rotatable bonds is 8. The quantitative estimate of drug-likeness (QED) is 0.384. The molecule has 0 bridgehead atoms. The lowest BCUT2D eigenvalue weighted by Crippen LogP contribution is -2.27. The third kappa shape index (κ3) is 5.58. The lowest BCUT2D eigenvalue weighted by atomic mass is 10.0. The van der Waals surface area contributed by atoms with Gasteiger partial charge in [0.25, 0.3) is 0 Å². The number of esters is 1. The molecule has 0 radical (unpaired) electrons. The Morgan fingerprint density at radius 3 is 2.65 bits per heavy atom. The highest BCUT2D eigenvalue weighted by atomic mass is 16.7. The van der Waals surface area contributed by atoms with Crippen LogP contribution in [0.3, 0.4) is 0 Å². The molecule has 6 nitrogen and oxygen atoms in total. The van der Waals surface area contributed by atoms with Crippen LogP contribution in [0, 0.1) is 0 Å². The highest BCUT2D eigenvalue weighted by molar-refractivity contribution is 5.87. The molecule has 0 aliphatic carbocycles. The van der Waals surface area contributed by atoms with Crippen LogP contribution in [0.4, 0.5) is 0 Å². The molecule has 0 amide bonds. The molecule has 0 saturated carbocycles. The monoisotopic (exact) mass is 288 g/mol. The third-order valence-corrected chi connectivity index (χ3v) is 2.96. The van der Waals surface area contributed by atoms with Gasteiger partial charge in [0.2, 0.25) is 0 Å². The first kappa shape index (κ1) is 17.1. The second kappa shape index (κ2) is 7.73. The number of ether oxygens (including phenoxy) is 5. The summed E-state index contributed by atoms with van der Waals surface area (Å²) in [4.78, 5) is 11.4. The molecule has 0 N–H and O–H groups in total. The van der Waals surface area contributed by atoms with Crippen LogP contribution in [-0.4, -0.2) is 51.6 Å². The van der Waals surface area contributed by atoms with Crippen molar-refractivity contribution in [2.75, 3.05) is 27.6 Å². The third-order valence-electron chi connectivity index (χ3n) is 2.96. The van der Waals surface area contributed by atoms with Crippen LogP contribution in [0.5, 0.6) is 0 Å². The van der Waals surface area contributed by atoms with Gasteiger partial charge >= 0.3 is 5.97 Å². The molecule has 1 fully saturated rings. The lowest BCUT2D eigenvalue weighted by molar-refractivity contribution is -0.147. The first-order chi connectivity index (χ1) is 9.38. The smallest absolute Gasteiger partial charge is 0.333 e. The lowest BCUT2D eigenvalue weighted by Gasteiger charge is -2.22. The largest absolute Gasteiger partial charge is 0.466 e. The van der Waals surface area contributed by atoms with Gasteiger partial charge in [-0.2, -0.15) is 0 Å². The van der Waals surface area contributed by atoms with E-state index >= 15 is 0 Å². The fourth-order valence-electron chi connectivity index (χ4n) is 2.05. The van der Waals surface area contributed by atoms with Crippen molar-refractivity contribution in [2.45, 2.75) is 44.7 Å². The maximum absolute atomic E-state index is 11.4. The Hall–Kier alpha value is -0.950. The second-order valence-corrected chi connectivity index (χ2v) is 5.18. The molecule has 6 heteroatoms. The Morgan fingerprint density at radius 2 is 2.15 bits per heavy atom. The fourth-order valence-corrected chi connectivity index (χ4v) is 2.05. The highest BCUT2D eigenvalue weighted by Gasteiger charge is 2.34. The molecule has 2 atom stereocenters. The number of carbonyl (C=O) groups excluding carboxylic acids is 1. The maximum Gasteiger partial charge on any atom is 0.333 e. The number of methoxy groups -OCH3 is 2. The Balaban J connectivity index is 2.51. The van der Waals surface area contributed by atoms with Crippen LogP contribution >= 0.6 is 0 Å². The van der Waals surface area contributed by atoms with Crippen molar-refractivity contribution < 1.29 is 28.5 Å². The number of hydrogen-bond acceptors (Lipinski definition) is 6. The first-order valence-corrected chi connectivity index (χ1v) is 6.56. The summed E-state index contributed by atoms with van der Waals surface area (Å²) in [7, 11) is 2.87. The Bertz CT molecular complexity index is 339. The molecule has 1 saturated heterocycles. The molecule has 1 heterocycles. The second-order valence-electron chi connectivity index (χ2n) is 5.18. The van der Waals surface area contributed by atoms with Crippen molar-refractivity contribution in [3.05, 3.63) is 12.2 Å². The van der Waals surface area contributed by atoms with E-state index in [4.69, 9.17) is 18.9 Å². The molecule has 2 unspecified atom stereocenters. The van der Waals surface area contributed by atoms with Gasteiger partial charge in [-0.1, -0.05) is 6.58 Å². The SMILES string of the molecule is C=C(CC(CC1COC(C)(C)O1)OCOC)C(=O)OC. The van der Waals surface area contributed by atoms with Gasteiger partial charge in [-0.05, 0) is 13.8 Å². The van der Waals surface area contributed by atoms with Crippen LogP contribution in [0.25, 0.3) is 0 Å². The van der Waals surface area contributed by atoms with Crippen LogP contribution < -0.4 is 0 Å². The molecule has 0 aromatic carbocycles. The predicted molar refractivity (Wildman–Crippen MR) is 72.0 cm³/mol. The molecule has 1 aliphatic rings. The molecular weight excluding hydrogens is 264 g/mol. The summed E-state index contributed by atoms with van der Waals surface area (Å²) in [6.07, 6.45) is 0.667. The minimum absolute atomic E-state index is 0.0719. The number of hydrogen-bond donors (Lipinski definition) is 0.